The molecule has 0 spiro atoms. The monoisotopic (exact) mass is 212 g/mol. The molecular weight excluding hydrogens is 188 g/mol. The molecule has 0 aromatic rings. The molecule has 0 aliphatic carbocycles. The Labute approximate surface area is 94.9 Å². The number of thiol groups is 1. The molecule has 82 valence electrons. The first-order valence-electron chi connectivity index (χ1n) is 5.54. The van der Waals surface area contributed by atoms with Gasteiger partial charge < -0.3 is 0 Å². The molecule has 1 heteroatoms. The zero-order valence-electron chi connectivity index (χ0n) is 10.4. The average molecular weight is 212 g/mol. The molecule has 0 unspecified atom stereocenters. The normalized spacial score (nSPS) is 15.1. The maximum Gasteiger partial charge on any atom is 0.00658 e. The van der Waals surface area contributed by atoms with Crippen molar-refractivity contribution in [3.63, 3.8) is 0 Å². The molecule has 0 N–H and O–H groups in total. The van der Waals surface area contributed by atoms with Crippen LogP contribution in [0.2, 0.25) is 0 Å². The van der Waals surface area contributed by atoms with Gasteiger partial charge in [0.15, 0.2) is 0 Å². The van der Waals surface area contributed by atoms with E-state index in [1.165, 1.54) is 16.1 Å². The highest BCUT2D eigenvalue weighted by Gasteiger charge is 2.11. The molecule has 0 heterocycles. The summed E-state index contributed by atoms with van der Waals surface area (Å²) in [5.41, 5.74) is 2.84. The van der Waals surface area contributed by atoms with Crippen LogP contribution < -0.4 is 0 Å². The minimum Gasteiger partial charge on any atom is -0.143 e. The van der Waals surface area contributed by atoms with Gasteiger partial charge in [0.25, 0.3) is 0 Å². The predicted molar refractivity (Wildman–Crippen MR) is 69.7 cm³/mol. The van der Waals surface area contributed by atoms with Gasteiger partial charge in [-0.15, -0.1) is 12.6 Å². The SMILES string of the molecule is C/C=C(\C(S)=C(/CC)C(C)C)C(C)C. The van der Waals surface area contributed by atoms with E-state index in [2.05, 4.69) is 60.2 Å². The molecule has 0 amide bonds. The van der Waals surface area contributed by atoms with Crippen LogP contribution in [-0.2, 0) is 0 Å². The summed E-state index contributed by atoms with van der Waals surface area (Å²) >= 11 is 4.67. The number of allylic oxidation sites excluding steroid dienone is 3. The summed E-state index contributed by atoms with van der Waals surface area (Å²) in [4.78, 5) is 1.21. The van der Waals surface area contributed by atoms with Crippen LogP contribution in [-0.4, -0.2) is 0 Å². The van der Waals surface area contributed by atoms with Crippen LogP contribution in [0.4, 0.5) is 0 Å². The molecule has 0 bridgehead atoms. The predicted octanol–water partition coefficient (Wildman–Crippen LogP) is 4.84. The van der Waals surface area contributed by atoms with Crippen molar-refractivity contribution in [3.8, 4) is 0 Å². The number of hydrogen-bond donors (Lipinski definition) is 1. The molecule has 0 rings (SSSR count). The Bertz CT molecular complexity index is 232. The molecule has 0 aromatic carbocycles. The third kappa shape index (κ3) is 3.53. The van der Waals surface area contributed by atoms with E-state index in [1.54, 1.807) is 0 Å². The van der Waals surface area contributed by atoms with Crippen LogP contribution in [0, 0.1) is 11.8 Å². The van der Waals surface area contributed by atoms with Gasteiger partial charge in [-0.3, -0.25) is 0 Å². The first kappa shape index (κ1) is 13.8. The Hall–Kier alpha value is -0.170. The fourth-order valence-corrected chi connectivity index (χ4v) is 2.58. The maximum atomic E-state index is 4.67. The van der Waals surface area contributed by atoms with Gasteiger partial charge >= 0.3 is 0 Å². The second-order valence-corrected chi connectivity index (χ2v) is 4.73. The van der Waals surface area contributed by atoms with E-state index in [4.69, 9.17) is 0 Å². The van der Waals surface area contributed by atoms with Crippen LogP contribution >= 0.6 is 12.6 Å². The van der Waals surface area contributed by atoms with Crippen LogP contribution in [0.5, 0.6) is 0 Å². The van der Waals surface area contributed by atoms with Gasteiger partial charge in [-0.05, 0) is 30.8 Å². The van der Waals surface area contributed by atoms with Crippen molar-refractivity contribution in [3.05, 3.63) is 22.1 Å². The van der Waals surface area contributed by atoms with Crippen molar-refractivity contribution in [2.45, 2.75) is 48.0 Å². The lowest BCUT2D eigenvalue weighted by molar-refractivity contribution is 0.715. The third-order valence-corrected chi connectivity index (χ3v) is 3.13. The maximum absolute atomic E-state index is 4.67. The lowest BCUT2D eigenvalue weighted by atomic mass is 9.93. The fourth-order valence-electron chi connectivity index (χ4n) is 1.78. The molecule has 0 aliphatic heterocycles. The van der Waals surface area contributed by atoms with Gasteiger partial charge in [-0.1, -0.05) is 46.3 Å². The van der Waals surface area contributed by atoms with E-state index in [-0.39, 0.29) is 0 Å². The van der Waals surface area contributed by atoms with E-state index in [9.17, 15) is 0 Å². The van der Waals surface area contributed by atoms with E-state index in [0.717, 1.165) is 6.42 Å². The second-order valence-electron chi connectivity index (χ2n) is 4.28. The molecular formula is C13H24S. The average Bonchev–Trinajstić information content (AvgIpc) is 2.04. The van der Waals surface area contributed by atoms with Crippen molar-refractivity contribution in [2.24, 2.45) is 11.8 Å². The first-order chi connectivity index (χ1) is 6.45. The topological polar surface area (TPSA) is 0 Å². The molecule has 0 aromatic heterocycles. The van der Waals surface area contributed by atoms with Gasteiger partial charge in [0.1, 0.15) is 0 Å². The van der Waals surface area contributed by atoms with Gasteiger partial charge in [0.05, 0.1) is 0 Å². The van der Waals surface area contributed by atoms with Crippen molar-refractivity contribution >= 4 is 12.6 Å². The molecule has 0 atom stereocenters. The Morgan fingerprint density at radius 2 is 1.64 bits per heavy atom. The molecule has 0 saturated heterocycles. The smallest absolute Gasteiger partial charge is 0.00658 e. The summed E-state index contributed by atoms with van der Waals surface area (Å²) in [7, 11) is 0. The number of hydrogen-bond acceptors (Lipinski definition) is 1. The highest BCUT2D eigenvalue weighted by atomic mass is 32.1. The third-order valence-electron chi connectivity index (χ3n) is 2.59. The standard InChI is InChI=1S/C13H24S/c1-7-11(9(3)4)13(14)12(8-2)10(5)6/h7,9-10,14H,8H2,1-6H3/b11-7-,13-12-. The van der Waals surface area contributed by atoms with E-state index in [1.807, 2.05) is 0 Å². The van der Waals surface area contributed by atoms with E-state index >= 15 is 0 Å². The number of rotatable bonds is 4. The summed E-state index contributed by atoms with van der Waals surface area (Å²) in [6.07, 6.45) is 3.28. The highest BCUT2D eigenvalue weighted by Crippen LogP contribution is 2.30. The van der Waals surface area contributed by atoms with Gasteiger partial charge in [0, 0.05) is 4.91 Å². The van der Waals surface area contributed by atoms with Crippen LogP contribution in [0.3, 0.4) is 0 Å². The molecule has 0 aliphatic rings. The quantitative estimate of drug-likeness (QED) is 0.500. The largest absolute Gasteiger partial charge is 0.143 e. The van der Waals surface area contributed by atoms with Crippen LogP contribution in [0.15, 0.2) is 22.1 Å². The molecule has 0 fully saturated rings. The Balaban J connectivity index is 5.12. The highest BCUT2D eigenvalue weighted by molar-refractivity contribution is 7.84. The first-order valence-corrected chi connectivity index (χ1v) is 5.98. The molecule has 0 saturated carbocycles. The van der Waals surface area contributed by atoms with Crippen molar-refractivity contribution < 1.29 is 0 Å². The van der Waals surface area contributed by atoms with Crippen molar-refractivity contribution in [1.82, 2.24) is 0 Å². The Morgan fingerprint density at radius 1 is 1.14 bits per heavy atom. The minimum absolute atomic E-state index is 0.563. The summed E-state index contributed by atoms with van der Waals surface area (Å²) in [6, 6.07) is 0. The fraction of sp³-hybridized carbons (Fsp3) is 0.692. The second kappa shape index (κ2) is 6.34. The lowest BCUT2D eigenvalue weighted by Crippen LogP contribution is -2.01. The van der Waals surface area contributed by atoms with E-state index < -0.39 is 0 Å². The molecule has 0 nitrogen and oxygen atoms in total. The van der Waals surface area contributed by atoms with Crippen molar-refractivity contribution in [2.75, 3.05) is 0 Å². The van der Waals surface area contributed by atoms with Crippen LogP contribution in [0.25, 0.3) is 0 Å². The molecule has 14 heavy (non-hydrogen) atoms. The summed E-state index contributed by atoms with van der Waals surface area (Å²) in [5, 5.41) is 0. The summed E-state index contributed by atoms with van der Waals surface area (Å²) < 4.78 is 0. The van der Waals surface area contributed by atoms with Crippen molar-refractivity contribution in [1.29, 1.82) is 0 Å². The lowest BCUT2D eigenvalue weighted by Gasteiger charge is -2.18. The van der Waals surface area contributed by atoms with Gasteiger partial charge in [0.2, 0.25) is 0 Å². The summed E-state index contributed by atoms with van der Waals surface area (Å²) in [5.74, 6) is 1.16. The van der Waals surface area contributed by atoms with Gasteiger partial charge in [-0.2, -0.15) is 0 Å². The van der Waals surface area contributed by atoms with E-state index in [0.29, 0.717) is 11.8 Å². The summed E-state index contributed by atoms with van der Waals surface area (Å²) in [6.45, 7) is 13.2. The molecule has 0 radical (unpaired) electrons. The van der Waals surface area contributed by atoms with Gasteiger partial charge in [-0.25, -0.2) is 0 Å². The Morgan fingerprint density at radius 3 is 1.86 bits per heavy atom. The zero-order valence-corrected chi connectivity index (χ0v) is 11.3. The zero-order chi connectivity index (χ0) is 11.3. The Kier molecular flexibility index (Phi) is 6.26. The van der Waals surface area contributed by atoms with Crippen LogP contribution in [0.1, 0.15) is 48.0 Å². The minimum atomic E-state index is 0.563.